The van der Waals surface area contributed by atoms with Crippen LogP contribution in [-0.4, -0.2) is 28.6 Å². The van der Waals surface area contributed by atoms with Gasteiger partial charge in [0.05, 0.1) is 12.1 Å². The lowest BCUT2D eigenvalue weighted by atomic mass is 9.90. The van der Waals surface area contributed by atoms with Gasteiger partial charge in [0.15, 0.2) is 0 Å². The third kappa shape index (κ3) is 2.59. The molecule has 0 saturated carbocycles. The van der Waals surface area contributed by atoms with Gasteiger partial charge < -0.3 is 9.94 Å². The number of carboxylic acid groups (broad SMARTS) is 1. The minimum absolute atomic E-state index is 0.0661. The number of oxime groups is 1. The molecule has 108 valence electrons. The highest BCUT2D eigenvalue weighted by Gasteiger charge is 2.62. The SMILES string of the molecule is O=C(O)CC1(C(F)(F)F)CC(c2ccc(F)cc2)=NO1. The molecule has 1 aliphatic rings. The molecule has 0 amide bonds. The van der Waals surface area contributed by atoms with Crippen molar-refractivity contribution in [2.45, 2.75) is 24.6 Å². The van der Waals surface area contributed by atoms with Gasteiger partial charge >= 0.3 is 12.1 Å². The predicted octanol–water partition coefficient (Wildman–Crippen LogP) is 2.73. The fourth-order valence-electron chi connectivity index (χ4n) is 1.87. The topological polar surface area (TPSA) is 58.9 Å². The van der Waals surface area contributed by atoms with E-state index < -0.39 is 36.4 Å². The molecule has 1 atom stereocenters. The number of hydrogen-bond donors (Lipinski definition) is 1. The molecule has 1 aliphatic heterocycles. The minimum Gasteiger partial charge on any atom is -0.481 e. The van der Waals surface area contributed by atoms with Crippen molar-refractivity contribution in [1.82, 2.24) is 0 Å². The van der Waals surface area contributed by atoms with Gasteiger partial charge in [-0.15, -0.1) is 0 Å². The Balaban J connectivity index is 2.26. The van der Waals surface area contributed by atoms with Crippen LogP contribution in [0.1, 0.15) is 18.4 Å². The van der Waals surface area contributed by atoms with E-state index in [-0.39, 0.29) is 11.3 Å². The van der Waals surface area contributed by atoms with E-state index in [0.717, 1.165) is 12.1 Å². The Morgan fingerprint density at radius 1 is 1.35 bits per heavy atom. The summed E-state index contributed by atoms with van der Waals surface area (Å²) in [6.07, 6.45) is -6.85. The molecule has 20 heavy (non-hydrogen) atoms. The molecule has 0 saturated heterocycles. The van der Waals surface area contributed by atoms with E-state index in [1.54, 1.807) is 0 Å². The minimum atomic E-state index is -4.88. The maximum absolute atomic E-state index is 13.0. The molecule has 0 spiro atoms. The second kappa shape index (κ2) is 4.77. The van der Waals surface area contributed by atoms with Crippen LogP contribution in [0, 0.1) is 5.82 Å². The highest BCUT2D eigenvalue weighted by Crippen LogP contribution is 2.43. The van der Waals surface area contributed by atoms with Crippen molar-refractivity contribution in [3.05, 3.63) is 35.6 Å². The van der Waals surface area contributed by atoms with Crippen molar-refractivity contribution in [2.24, 2.45) is 5.16 Å². The summed E-state index contributed by atoms with van der Waals surface area (Å²) in [5.41, 5.74) is -2.69. The molecule has 0 aliphatic carbocycles. The van der Waals surface area contributed by atoms with Crippen molar-refractivity contribution in [1.29, 1.82) is 0 Å². The van der Waals surface area contributed by atoms with Crippen LogP contribution in [0.3, 0.4) is 0 Å². The highest BCUT2D eigenvalue weighted by atomic mass is 19.4. The van der Waals surface area contributed by atoms with Gasteiger partial charge in [-0.2, -0.15) is 13.2 Å². The average Bonchev–Trinajstić information content (AvgIpc) is 2.74. The summed E-state index contributed by atoms with van der Waals surface area (Å²) in [4.78, 5) is 15.0. The van der Waals surface area contributed by atoms with Crippen LogP contribution in [0.2, 0.25) is 0 Å². The van der Waals surface area contributed by atoms with Crippen molar-refractivity contribution < 1.29 is 32.3 Å². The number of carboxylic acids is 1. The molecule has 1 N–H and O–H groups in total. The maximum Gasteiger partial charge on any atom is 0.431 e. The van der Waals surface area contributed by atoms with Crippen molar-refractivity contribution >= 4 is 11.7 Å². The number of rotatable bonds is 3. The van der Waals surface area contributed by atoms with E-state index in [1.807, 2.05) is 0 Å². The lowest BCUT2D eigenvalue weighted by Gasteiger charge is -2.27. The number of alkyl halides is 3. The van der Waals surface area contributed by atoms with E-state index in [0.29, 0.717) is 0 Å². The Hall–Kier alpha value is -2.12. The standard InChI is InChI=1S/C12H9F4NO3/c13-8-3-1-7(2-4-8)9-5-11(20-17-9,6-10(18)19)12(14,15)16/h1-4H,5-6H2,(H,18,19). The van der Waals surface area contributed by atoms with Crippen LogP contribution in [0.5, 0.6) is 0 Å². The van der Waals surface area contributed by atoms with E-state index in [1.165, 1.54) is 12.1 Å². The largest absolute Gasteiger partial charge is 0.481 e. The Morgan fingerprint density at radius 2 is 1.95 bits per heavy atom. The third-order valence-corrected chi connectivity index (χ3v) is 2.91. The zero-order valence-electron chi connectivity index (χ0n) is 9.95. The molecule has 1 aromatic carbocycles. The van der Waals surface area contributed by atoms with Gasteiger partial charge in [-0.1, -0.05) is 17.3 Å². The summed E-state index contributed by atoms with van der Waals surface area (Å²) in [5.74, 6) is -2.18. The van der Waals surface area contributed by atoms with E-state index in [2.05, 4.69) is 9.99 Å². The average molecular weight is 291 g/mol. The summed E-state index contributed by atoms with van der Waals surface area (Å²) in [7, 11) is 0. The molecular weight excluding hydrogens is 282 g/mol. The summed E-state index contributed by atoms with van der Waals surface area (Å²) >= 11 is 0. The fraction of sp³-hybridized carbons (Fsp3) is 0.333. The summed E-state index contributed by atoms with van der Waals surface area (Å²) in [5, 5.41) is 11.9. The summed E-state index contributed by atoms with van der Waals surface area (Å²) in [6.45, 7) is 0. The van der Waals surface area contributed by atoms with Crippen LogP contribution in [-0.2, 0) is 9.63 Å². The predicted molar refractivity (Wildman–Crippen MR) is 59.7 cm³/mol. The Kier molecular flexibility index (Phi) is 3.41. The molecule has 0 aromatic heterocycles. The zero-order chi connectivity index (χ0) is 15.0. The number of halogens is 4. The van der Waals surface area contributed by atoms with Crippen LogP contribution in [0.25, 0.3) is 0 Å². The van der Waals surface area contributed by atoms with Crippen molar-refractivity contribution in [3.63, 3.8) is 0 Å². The highest BCUT2D eigenvalue weighted by molar-refractivity contribution is 6.02. The lowest BCUT2D eigenvalue weighted by molar-refractivity contribution is -0.271. The maximum atomic E-state index is 13.0. The van der Waals surface area contributed by atoms with Crippen molar-refractivity contribution in [3.8, 4) is 0 Å². The third-order valence-electron chi connectivity index (χ3n) is 2.91. The fourth-order valence-corrected chi connectivity index (χ4v) is 1.87. The first-order chi connectivity index (χ1) is 9.23. The monoisotopic (exact) mass is 291 g/mol. The van der Waals surface area contributed by atoms with Gasteiger partial charge in [0.1, 0.15) is 5.82 Å². The molecular formula is C12H9F4NO3. The Labute approximate surface area is 110 Å². The van der Waals surface area contributed by atoms with Crippen LogP contribution < -0.4 is 0 Å². The first kappa shape index (κ1) is 14.3. The normalized spacial score (nSPS) is 22.3. The zero-order valence-corrected chi connectivity index (χ0v) is 9.95. The van der Waals surface area contributed by atoms with E-state index >= 15 is 0 Å². The summed E-state index contributed by atoms with van der Waals surface area (Å²) in [6, 6.07) is 4.65. The molecule has 1 heterocycles. The van der Waals surface area contributed by atoms with Crippen molar-refractivity contribution in [2.75, 3.05) is 0 Å². The number of nitrogens with zero attached hydrogens (tertiary/aromatic N) is 1. The van der Waals surface area contributed by atoms with Gasteiger partial charge in [0.25, 0.3) is 0 Å². The smallest absolute Gasteiger partial charge is 0.431 e. The quantitative estimate of drug-likeness (QED) is 0.871. The number of carbonyl (C=O) groups is 1. The number of hydrogen-bond acceptors (Lipinski definition) is 3. The molecule has 0 bridgehead atoms. The van der Waals surface area contributed by atoms with E-state index in [9.17, 15) is 22.4 Å². The Morgan fingerprint density at radius 3 is 2.45 bits per heavy atom. The first-order valence-electron chi connectivity index (χ1n) is 5.53. The number of aliphatic carboxylic acids is 1. The molecule has 1 aromatic rings. The molecule has 2 rings (SSSR count). The number of benzene rings is 1. The molecule has 8 heteroatoms. The van der Waals surface area contributed by atoms with Gasteiger partial charge in [0.2, 0.25) is 5.60 Å². The second-order valence-corrected chi connectivity index (χ2v) is 4.38. The molecule has 0 fully saturated rings. The van der Waals surface area contributed by atoms with Gasteiger partial charge in [-0.3, -0.25) is 4.79 Å². The summed E-state index contributed by atoms with van der Waals surface area (Å²) < 4.78 is 51.8. The molecule has 0 radical (unpaired) electrons. The molecule has 4 nitrogen and oxygen atoms in total. The first-order valence-corrected chi connectivity index (χ1v) is 5.53. The molecule has 1 unspecified atom stereocenters. The van der Waals surface area contributed by atoms with Crippen LogP contribution >= 0.6 is 0 Å². The van der Waals surface area contributed by atoms with Gasteiger partial charge in [0, 0.05) is 6.42 Å². The van der Waals surface area contributed by atoms with E-state index in [4.69, 9.17) is 5.11 Å². The van der Waals surface area contributed by atoms with Gasteiger partial charge in [-0.25, -0.2) is 4.39 Å². The Bertz CT molecular complexity index is 553. The second-order valence-electron chi connectivity index (χ2n) is 4.38. The lowest BCUT2D eigenvalue weighted by Crippen LogP contribution is -2.47. The van der Waals surface area contributed by atoms with Gasteiger partial charge in [-0.05, 0) is 17.7 Å². The van der Waals surface area contributed by atoms with Crippen LogP contribution in [0.15, 0.2) is 29.4 Å². The van der Waals surface area contributed by atoms with Crippen LogP contribution in [0.4, 0.5) is 17.6 Å².